The summed E-state index contributed by atoms with van der Waals surface area (Å²) in [6, 6.07) is 0. The van der Waals surface area contributed by atoms with E-state index < -0.39 is 6.10 Å². The van der Waals surface area contributed by atoms with E-state index in [1.807, 2.05) is 0 Å². The summed E-state index contributed by atoms with van der Waals surface area (Å²) < 4.78 is 16.9. The molecule has 1 unspecified atom stereocenters. The van der Waals surface area contributed by atoms with Crippen molar-refractivity contribution in [3.63, 3.8) is 0 Å². The van der Waals surface area contributed by atoms with Crippen LogP contribution in [0, 0.1) is 0 Å². The average Bonchev–Trinajstić information content (AvgIpc) is 3.47. The molecule has 0 aromatic carbocycles. The highest BCUT2D eigenvalue weighted by molar-refractivity contribution is 5.71. The minimum atomic E-state index is -0.780. The highest BCUT2D eigenvalue weighted by Crippen LogP contribution is 2.18. The van der Waals surface area contributed by atoms with E-state index in [1.165, 1.54) is 193 Å². The van der Waals surface area contributed by atoms with E-state index in [4.69, 9.17) is 14.2 Å². The maximum absolute atomic E-state index is 12.9. The SMILES string of the molecule is CC/C=C\C/C=C\C/C=C\C/C=C\C/C=C\CCCCCCCCCCCCCCCCCCCCCC(=O)OCC(COC(=O)CCCCCCCCCCCCCC)OC(=O)CCCCCCCCC/C=C\C/C=C\C/C=C\CC. The van der Waals surface area contributed by atoms with Gasteiger partial charge in [-0.1, -0.05) is 330 Å². The Morgan fingerprint density at radius 2 is 0.476 bits per heavy atom. The minimum absolute atomic E-state index is 0.0758. The summed E-state index contributed by atoms with van der Waals surface area (Å²) in [5, 5.41) is 0. The van der Waals surface area contributed by atoms with Crippen LogP contribution in [-0.4, -0.2) is 37.2 Å². The molecule has 0 aliphatic heterocycles. The lowest BCUT2D eigenvalue weighted by atomic mass is 10.0. The van der Waals surface area contributed by atoms with Gasteiger partial charge in [0, 0.05) is 19.3 Å². The van der Waals surface area contributed by atoms with Crippen molar-refractivity contribution >= 4 is 17.9 Å². The van der Waals surface area contributed by atoms with Gasteiger partial charge in [0.15, 0.2) is 6.10 Å². The molecular weight excluding hydrogens is 1010 g/mol. The molecule has 0 aliphatic carbocycles. The zero-order valence-electron chi connectivity index (χ0n) is 54.2. The molecule has 0 saturated heterocycles. The number of ether oxygens (including phenoxy) is 3. The van der Waals surface area contributed by atoms with E-state index in [0.29, 0.717) is 19.3 Å². The fraction of sp³-hybridized carbons (Fsp3) is 0.750. The number of hydrogen-bond acceptors (Lipinski definition) is 6. The molecule has 0 spiro atoms. The van der Waals surface area contributed by atoms with Crippen LogP contribution in [0.4, 0.5) is 0 Å². The predicted octanol–water partition coefficient (Wildman–Crippen LogP) is 24.4. The number of hydrogen-bond donors (Lipinski definition) is 0. The maximum Gasteiger partial charge on any atom is 0.306 e. The Balaban J connectivity index is 4.11. The average molecular weight is 1140 g/mol. The first-order valence-electron chi connectivity index (χ1n) is 35.2. The lowest BCUT2D eigenvalue weighted by Gasteiger charge is -2.18. The topological polar surface area (TPSA) is 78.9 Å². The maximum atomic E-state index is 12.9. The zero-order valence-corrected chi connectivity index (χ0v) is 54.2. The number of rotatable bonds is 64. The van der Waals surface area contributed by atoms with Gasteiger partial charge in [-0.15, -0.1) is 0 Å². The van der Waals surface area contributed by atoms with Crippen molar-refractivity contribution in [2.45, 2.75) is 354 Å². The van der Waals surface area contributed by atoms with Crippen molar-refractivity contribution in [2.24, 2.45) is 0 Å². The molecule has 472 valence electrons. The van der Waals surface area contributed by atoms with Crippen molar-refractivity contribution in [1.82, 2.24) is 0 Å². The Morgan fingerprint density at radius 3 is 0.744 bits per heavy atom. The lowest BCUT2D eigenvalue weighted by molar-refractivity contribution is -0.167. The van der Waals surface area contributed by atoms with Crippen LogP contribution in [0.5, 0.6) is 0 Å². The molecule has 82 heavy (non-hydrogen) atoms. The van der Waals surface area contributed by atoms with E-state index in [-0.39, 0.29) is 31.1 Å². The van der Waals surface area contributed by atoms with Crippen LogP contribution in [0.1, 0.15) is 348 Å². The Hall–Kier alpha value is -3.67. The number of esters is 3. The van der Waals surface area contributed by atoms with Gasteiger partial charge in [-0.25, -0.2) is 0 Å². The summed E-state index contributed by atoms with van der Waals surface area (Å²) >= 11 is 0. The summed E-state index contributed by atoms with van der Waals surface area (Å²) in [5.74, 6) is -0.868. The first-order valence-corrected chi connectivity index (χ1v) is 35.2. The zero-order chi connectivity index (χ0) is 59.2. The van der Waals surface area contributed by atoms with Gasteiger partial charge in [0.05, 0.1) is 0 Å². The third-order valence-corrected chi connectivity index (χ3v) is 15.3. The van der Waals surface area contributed by atoms with Crippen LogP contribution >= 0.6 is 0 Å². The smallest absolute Gasteiger partial charge is 0.306 e. The molecule has 1 atom stereocenters. The van der Waals surface area contributed by atoms with Crippen LogP contribution in [0.15, 0.2) is 97.2 Å². The molecule has 0 fully saturated rings. The highest BCUT2D eigenvalue weighted by atomic mass is 16.6. The summed E-state index contributed by atoms with van der Waals surface area (Å²) in [6.45, 7) is 6.44. The normalized spacial score (nSPS) is 12.7. The van der Waals surface area contributed by atoms with E-state index >= 15 is 0 Å². The van der Waals surface area contributed by atoms with Crippen molar-refractivity contribution in [1.29, 1.82) is 0 Å². The van der Waals surface area contributed by atoms with Crippen molar-refractivity contribution in [2.75, 3.05) is 13.2 Å². The first-order chi connectivity index (χ1) is 40.5. The molecule has 0 aromatic heterocycles. The highest BCUT2D eigenvalue weighted by Gasteiger charge is 2.19. The van der Waals surface area contributed by atoms with Crippen LogP contribution in [0.25, 0.3) is 0 Å². The molecule has 0 saturated carbocycles. The fourth-order valence-electron chi connectivity index (χ4n) is 10.1. The van der Waals surface area contributed by atoms with Crippen LogP contribution in [-0.2, 0) is 28.6 Å². The molecule has 0 heterocycles. The summed E-state index contributed by atoms with van der Waals surface area (Å²) in [7, 11) is 0. The van der Waals surface area contributed by atoms with Gasteiger partial charge in [-0.2, -0.15) is 0 Å². The molecule has 6 nitrogen and oxygen atoms in total. The van der Waals surface area contributed by atoms with E-state index in [1.54, 1.807) is 0 Å². The second-order valence-electron chi connectivity index (χ2n) is 23.4. The van der Waals surface area contributed by atoms with Crippen LogP contribution < -0.4 is 0 Å². The van der Waals surface area contributed by atoms with Crippen molar-refractivity contribution in [3.05, 3.63) is 97.2 Å². The Labute approximate surface area is 508 Å². The molecular formula is C76H132O6. The second kappa shape index (κ2) is 69.8. The standard InChI is InChI=1S/C76H132O6/c1-4-7-10-13-16-19-22-25-27-29-30-31-32-33-34-35-36-37-38-39-40-41-42-43-44-45-46-48-49-51-54-57-60-63-66-69-75(78)81-72-73(71-80-74(77)68-65-62-59-56-53-24-21-18-15-12-9-6-3)82-76(79)70-67-64-61-58-55-52-50-47-28-26-23-20-17-14-11-8-5-2/h7-8,10-11,16-17,19-20,25-28,30-31,33-34,73H,4-6,9,12-15,18,21-24,29,32,35-72H2,1-3H3/b10-7-,11-8-,19-16-,20-17-,27-25-,28-26-,31-30-,34-33-. The van der Waals surface area contributed by atoms with Crippen LogP contribution in [0.2, 0.25) is 0 Å². The molecule has 6 heteroatoms. The quantitative estimate of drug-likeness (QED) is 0.0261. The van der Waals surface area contributed by atoms with Gasteiger partial charge in [0.25, 0.3) is 0 Å². The number of allylic oxidation sites excluding steroid dienone is 16. The van der Waals surface area contributed by atoms with Gasteiger partial charge < -0.3 is 14.2 Å². The summed E-state index contributed by atoms with van der Waals surface area (Å²) in [5.41, 5.74) is 0. The third-order valence-electron chi connectivity index (χ3n) is 15.3. The second-order valence-corrected chi connectivity index (χ2v) is 23.4. The molecule has 0 bridgehead atoms. The van der Waals surface area contributed by atoms with Gasteiger partial charge >= 0.3 is 17.9 Å². The molecule has 0 aliphatic rings. The van der Waals surface area contributed by atoms with E-state index in [0.717, 1.165) is 116 Å². The number of unbranched alkanes of at least 4 members (excludes halogenated alkanes) is 37. The van der Waals surface area contributed by atoms with E-state index in [9.17, 15) is 14.4 Å². The predicted molar refractivity (Wildman–Crippen MR) is 357 cm³/mol. The Bertz CT molecular complexity index is 1590. The monoisotopic (exact) mass is 1140 g/mol. The summed E-state index contributed by atoms with van der Waals surface area (Å²) in [4.78, 5) is 38.3. The van der Waals surface area contributed by atoms with Crippen LogP contribution in [0.3, 0.4) is 0 Å². The van der Waals surface area contributed by atoms with Gasteiger partial charge in [0.2, 0.25) is 0 Å². The Morgan fingerprint density at radius 1 is 0.256 bits per heavy atom. The van der Waals surface area contributed by atoms with Crippen molar-refractivity contribution < 1.29 is 28.6 Å². The molecule has 0 N–H and O–H groups in total. The largest absolute Gasteiger partial charge is 0.462 e. The number of carbonyl (C=O) groups excluding carboxylic acids is 3. The molecule has 0 amide bonds. The molecule has 0 radical (unpaired) electrons. The minimum Gasteiger partial charge on any atom is -0.462 e. The van der Waals surface area contributed by atoms with Crippen molar-refractivity contribution in [3.8, 4) is 0 Å². The molecule has 0 rings (SSSR count). The third kappa shape index (κ3) is 67.1. The summed E-state index contributed by atoms with van der Waals surface area (Å²) in [6.07, 6.45) is 94.5. The molecule has 0 aromatic rings. The van der Waals surface area contributed by atoms with E-state index in [2.05, 4.69) is 118 Å². The number of carbonyl (C=O) groups is 3. The van der Waals surface area contributed by atoms with Gasteiger partial charge in [-0.3, -0.25) is 14.4 Å². The van der Waals surface area contributed by atoms with Gasteiger partial charge in [-0.05, 0) is 96.3 Å². The Kier molecular flexibility index (Phi) is 66.7. The lowest BCUT2D eigenvalue weighted by Crippen LogP contribution is -2.30. The first kappa shape index (κ1) is 78.3. The van der Waals surface area contributed by atoms with Gasteiger partial charge in [0.1, 0.15) is 13.2 Å². The fourth-order valence-corrected chi connectivity index (χ4v) is 10.1.